The topological polar surface area (TPSA) is 64.1 Å². The van der Waals surface area contributed by atoms with Gasteiger partial charge in [0.15, 0.2) is 0 Å². The lowest BCUT2D eigenvalue weighted by atomic mass is 10.2. The first kappa shape index (κ1) is 17.1. The van der Waals surface area contributed by atoms with E-state index in [2.05, 4.69) is 15.3 Å². The number of nitrogens with zero attached hydrogens (tertiary/aromatic N) is 2. The van der Waals surface area contributed by atoms with Crippen LogP contribution in [0.25, 0.3) is 11.3 Å². The summed E-state index contributed by atoms with van der Waals surface area (Å²) in [6.45, 7) is 4.31. The predicted molar refractivity (Wildman–Crippen MR) is 98.8 cm³/mol. The Kier molecular flexibility index (Phi) is 5.40. The van der Waals surface area contributed by atoms with Crippen molar-refractivity contribution >= 4 is 17.2 Å². The molecule has 1 aromatic carbocycles. The van der Waals surface area contributed by atoms with Crippen LogP contribution in [0.15, 0.2) is 54.0 Å². The highest BCUT2D eigenvalue weighted by Crippen LogP contribution is 2.25. The summed E-state index contributed by atoms with van der Waals surface area (Å²) in [5.74, 6) is 0.274. The van der Waals surface area contributed by atoms with Gasteiger partial charge in [0.1, 0.15) is 5.01 Å². The van der Waals surface area contributed by atoms with Crippen LogP contribution in [-0.4, -0.2) is 22.5 Å². The number of aromatic nitrogens is 2. The Bertz CT molecular complexity index is 849. The van der Waals surface area contributed by atoms with Gasteiger partial charge in [-0.05, 0) is 19.9 Å². The Morgan fingerprint density at radius 3 is 2.84 bits per heavy atom. The number of ether oxygens (including phenoxy) is 1. The van der Waals surface area contributed by atoms with Crippen molar-refractivity contribution in [1.29, 1.82) is 0 Å². The van der Waals surface area contributed by atoms with Crippen LogP contribution in [0.3, 0.4) is 0 Å². The van der Waals surface area contributed by atoms with Crippen molar-refractivity contribution in [2.24, 2.45) is 0 Å². The molecule has 2 heterocycles. The SMILES string of the molecule is CCOc1cc(C(=O)NC(C)c2nc(-c3ccccc3)cs2)ccn1. The van der Waals surface area contributed by atoms with Crippen molar-refractivity contribution in [1.82, 2.24) is 15.3 Å². The molecule has 0 saturated heterocycles. The highest BCUT2D eigenvalue weighted by molar-refractivity contribution is 7.10. The molecule has 1 amide bonds. The molecule has 0 fully saturated rings. The Hall–Kier alpha value is -2.73. The molecule has 0 aliphatic heterocycles. The molecule has 128 valence electrons. The monoisotopic (exact) mass is 353 g/mol. The Labute approximate surface area is 150 Å². The number of rotatable bonds is 6. The molecule has 25 heavy (non-hydrogen) atoms. The van der Waals surface area contributed by atoms with Crippen LogP contribution in [0, 0.1) is 0 Å². The third-order valence-electron chi connectivity index (χ3n) is 3.60. The molecule has 0 aliphatic carbocycles. The average molecular weight is 353 g/mol. The van der Waals surface area contributed by atoms with Gasteiger partial charge in [-0.25, -0.2) is 9.97 Å². The van der Waals surface area contributed by atoms with Gasteiger partial charge in [0, 0.05) is 28.8 Å². The van der Waals surface area contributed by atoms with E-state index < -0.39 is 0 Å². The van der Waals surface area contributed by atoms with Crippen LogP contribution in [0.2, 0.25) is 0 Å². The minimum atomic E-state index is -0.182. The molecule has 1 atom stereocenters. The molecule has 0 aliphatic rings. The zero-order valence-electron chi connectivity index (χ0n) is 14.1. The maximum absolute atomic E-state index is 12.4. The highest BCUT2D eigenvalue weighted by Gasteiger charge is 2.16. The molecule has 0 bridgehead atoms. The minimum absolute atomic E-state index is 0.174. The summed E-state index contributed by atoms with van der Waals surface area (Å²) < 4.78 is 5.34. The van der Waals surface area contributed by atoms with E-state index in [0.717, 1.165) is 16.3 Å². The van der Waals surface area contributed by atoms with E-state index in [9.17, 15) is 4.79 Å². The van der Waals surface area contributed by atoms with Crippen LogP contribution in [0.5, 0.6) is 5.88 Å². The Morgan fingerprint density at radius 1 is 1.28 bits per heavy atom. The zero-order chi connectivity index (χ0) is 17.6. The molecule has 3 rings (SSSR count). The smallest absolute Gasteiger partial charge is 0.252 e. The van der Waals surface area contributed by atoms with Crippen LogP contribution in [0.1, 0.15) is 35.3 Å². The predicted octanol–water partition coefficient (Wildman–Crippen LogP) is 4.09. The van der Waals surface area contributed by atoms with E-state index in [4.69, 9.17) is 4.74 Å². The first-order chi connectivity index (χ1) is 12.2. The highest BCUT2D eigenvalue weighted by atomic mass is 32.1. The minimum Gasteiger partial charge on any atom is -0.478 e. The molecular formula is C19H19N3O2S. The van der Waals surface area contributed by atoms with Crippen molar-refractivity contribution in [3.8, 4) is 17.1 Å². The lowest BCUT2D eigenvalue weighted by Crippen LogP contribution is -2.26. The van der Waals surface area contributed by atoms with Gasteiger partial charge in [-0.3, -0.25) is 4.79 Å². The van der Waals surface area contributed by atoms with E-state index in [1.165, 1.54) is 11.3 Å². The summed E-state index contributed by atoms with van der Waals surface area (Å²) in [6, 6.07) is 13.1. The van der Waals surface area contributed by atoms with Crippen LogP contribution >= 0.6 is 11.3 Å². The van der Waals surface area contributed by atoms with Gasteiger partial charge >= 0.3 is 0 Å². The normalized spacial score (nSPS) is 11.8. The summed E-state index contributed by atoms with van der Waals surface area (Å²) in [6.07, 6.45) is 1.57. The maximum Gasteiger partial charge on any atom is 0.252 e. The van der Waals surface area contributed by atoms with E-state index in [0.29, 0.717) is 18.1 Å². The fraction of sp³-hybridized carbons (Fsp3) is 0.211. The van der Waals surface area contributed by atoms with Crippen molar-refractivity contribution in [2.75, 3.05) is 6.61 Å². The lowest BCUT2D eigenvalue weighted by Gasteiger charge is -2.11. The molecule has 2 aromatic heterocycles. The quantitative estimate of drug-likeness (QED) is 0.725. The standard InChI is InChI=1S/C19H19N3O2S/c1-3-24-17-11-15(9-10-20-17)18(23)21-13(2)19-22-16(12-25-19)14-7-5-4-6-8-14/h4-13H,3H2,1-2H3,(H,21,23). The number of carbonyl (C=O) groups excluding carboxylic acids is 1. The largest absolute Gasteiger partial charge is 0.478 e. The summed E-state index contributed by atoms with van der Waals surface area (Å²) in [5.41, 5.74) is 2.51. The molecule has 6 heteroatoms. The van der Waals surface area contributed by atoms with Crippen molar-refractivity contribution in [3.05, 3.63) is 64.6 Å². The van der Waals surface area contributed by atoms with E-state index >= 15 is 0 Å². The van der Waals surface area contributed by atoms with Gasteiger partial charge in [-0.15, -0.1) is 11.3 Å². The molecule has 0 spiro atoms. The second-order valence-electron chi connectivity index (χ2n) is 5.45. The van der Waals surface area contributed by atoms with Gasteiger partial charge in [0.2, 0.25) is 5.88 Å². The van der Waals surface area contributed by atoms with Crippen molar-refractivity contribution in [2.45, 2.75) is 19.9 Å². The molecule has 3 aromatic rings. The summed E-state index contributed by atoms with van der Waals surface area (Å²) >= 11 is 1.54. The first-order valence-electron chi connectivity index (χ1n) is 8.08. The number of pyridine rings is 1. The molecule has 0 radical (unpaired) electrons. The number of carbonyl (C=O) groups is 1. The fourth-order valence-corrected chi connectivity index (χ4v) is 3.18. The lowest BCUT2D eigenvalue weighted by molar-refractivity contribution is 0.0939. The number of nitrogens with one attached hydrogen (secondary N) is 1. The zero-order valence-corrected chi connectivity index (χ0v) is 14.9. The van der Waals surface area contributed by atoms with E-state index in [-0.39, 0.29) is 11.9 Å². The van der Waals surface area contributed by atoms with Crippen LogP contribution in [-0.2, 0) is 0 Å². The number of amides is 1. The molecule has 5 nitrogen and oxygen atoms in total. The fourth-order valence-electron chi connectivity index (χ4n) is 2.35. The maximum atomic E-state index is 12.4. The van der Waals surface area contributed by atoms with Gasteiger partial charge in [-0.1, -0.05) is 30.3 Å². The summed E-state index contributed by atoms with van der Waals surface area (Å²) in [5, 5.41) is 5.85. The van der Waals surface area contributed by atoms with Crippen LogP contribution < -0.4 is 10.1 Å². The van der Waals surface area contributed by atoms with Gasteiger partial charge < -0.3 is 10.1 Å². The third-order valence-corrected chi connectivity index (χ3v) is 4.63. The Morgan fingerprint density at radius 2 is 2.08 bits per heavy atom. The molecular weight excluding hydrogens is 334 g/mol. The summed E-state index contributed by atoms with van der Waals surface area (Å²) in [4.78, 5) is 21.2. The van der Waals surface area contributed by atoms with E-state index in [1.807, 2.05) is 49.6 Å². The number of thiazole rings is 1. The molecule has 1 N–H and O–H groups in total. The van der Waals surface area contributed by atoms with Crippen LogP contribution in [0.4, 0.5) is 0 Å². The summed E-state index contributed by atoms with van der Waals surface area (Å²) in [7, 11) is 0. The average Bonchev–Trinajstić information content (AvgIpc) is 3.13. The molecule has 1 unspecified atom stereocenters. The van der Waals surface area contributed by atoms with E-state index in [1.54, 1.807) is 18.3 Å². The number of hydrogen-bond acceptors (Lipinski definition) is 5. The van der Waals surface area contributed by atoms with Gasteiger partial charge in [0.05, 0.1) is 18.3 Å². The third kappa shape index (κ3) is 4.22. The first-order valence-corrected chi connectivity index (χ1v) is 8.96. The van der Waals surface area contributed by atoms with Crippen molar-refractivity contribution < 1.29 is 9.53 Å². The second kappa shape index (κ2) is 7.90. The molecule has 0 saturated carbocycles. The van der Waals surface area contributed by atoms with Crippen molar-refractivity contribution in [3.63, 3.8) is 0 Å². The van der Waals surface area contributed by atoms with Gasteiger partial charge in [0.25, 0.3) is 5.91 Å². The second-order valence-corrected chi connectivity index (χ2v) is 6.34. The Balaban J connectivity index is 1.70. The van der Waals surface area contributed by atoms with Gasteiger partial charge in [-0.2, -0.15) is 0 Å². The number of benzene rings is 1. The number of hydrogen-bond donors (Lipinski definition) is 1.